The van der Waals surface area contributed by atoms with E-state index >= 15 is 0 Å². The van der Waals surface area contributed by atoms with E-state index < -0.39 is 0 Å². The van der Waals surface area contributed by atoms with Gasteiger partial charge in [0.15, 0.2) is 6.29 Å². The van der Waals surface area contributed by atoms with Crippen molar-refractivity contribution in [2.45, 2.75) is 67.7 Å². The number of ether oxygens (including phenoxy) is 2. The lowest BCUT2D eigenvalue weighted by atomic mass is 9.89. The van der Waals surface area contributed by atoms with Gasteiger partial charge in [-0.15, -0.1) is 0 Å². The van der Waals surface area contributed by atoms with Crippen LogP contribution in [0.3, 0.4) is 0 Å². The molecule has 4 heteroatoms. The topological polar surface area (TPSA) is 47.6 Å². The molecule has 1 amide bonds. The molecule has 23 heavy (non-hydrogen) atoms. The molecule has 130 valence electrons. The molecule has 0 aromatic heterocycles. The third-order valence-electron chi connectivity index (χ3n) is 4.16. The summed E-state index contributed by atoms with van der Waals surface area (Å²) in [5.74, 6) is 0.940. The first-order chi connectivity index (χ1) is 10.7. The Hall–Kier alpha value is -1.55. The summed E-state index contributed by atoms with van der Waals surface area (Å²) in [5.41, 5.74) is 2.85. The summed E-state index contributed by atoms with van der Waals surface area (Å²) in [6, 6.07) is 4.11. The number of aryl methyl sites for hydroxylation is 2. The highest BCUT2D eigenvalue weighted by Gasteiger charge is 2.24. The van der Waals surface area contributed by atoms with Crippen LogP contribution in [0.5, 0.6) is 5.75 Å². The van der Waals surface area contributed by atoms with Crippen molar-refractivity contribution in [2.75, 3.05) is 6.61 Å². The van der Waals surface area contributed by atoms with Crippen molar-refractivity contribution in [1.29, 1.82) is 0 Å². The van der Waals surface area contributed by atoms with Crippen LogP contribution in [0, 0.1) is 19.3 Å². The van der Waals surface area contributed by atoms with Crippen LogP contribution in [-0.4, -0.2) is 18.8 Å². The van der Waals surface area contributed by atoms with Crippen LogP contribution < -0.4 is 10.1 Å². The monoisotopic (exact) mass is 321 g/mol. The SMILES string of the molecule is CCOC(C)Oc1c(C)cc(CNC(=O)C(C)(C)CC)cc1C. The zero-order chi connectivity index (χ0) is 17.6. The number of carbonyl (C=O) groups is 1. The van der Waals surface area contributed by atoms with Crippen molar-refractivity contribution in [2.24, 2.45) is 5.41 Å². The highest BCUT2D eigenvalue weighted by molar-refractivity contribution is 5.81. The molecule has 0 aliphatic rings. The molecule has 0 saturated carbocycles. The Balaban J connectivity index is 2.79. The normalized spacial score (nSPS) is 12.8. The second-order valence-corrected chi connectivity index (χ2v) is 6.62. The Morgan fingerprint density at radius 2 is 1.78 bits per heavy atom. The molecule has 1 atom stereocenters. The summed E-state index contributed by atoms with van der Waals surface area (Å²) in [4.78, 5) is 12.2. The Morgan fingerprint density at radius 3 is 2.26 bits per heavy atom. The number of rotatable bonds is 8. The number of amides is 1. The minimum atomic E-state index is -0.333. The average Bonchev–Trinajstić information content (AvgIpc) is 2.48. The zero-order valence-corrected chi connectivity index (χ0v) is 15.6. The molecule has 1 N–H and O–H groups in total. The number of nitrogens with one attached hydrogen (secondary N) is 1. The molecule has 1 aromatic carbocycles. The third-order valence-corrected chi connectivity index (χ3v) is 4.16. The Labute approximate surface area is 140 Å². The first kappa shape index (κ1) is 19.5. The van der Waals surface area contributed by atoms with E-state index in [0.717, 1.165) is 28.9 Å². The van der Waals surface area contributed by atoms with E-state index in [0.29, 0.717) is 13.2 Å². The summed E-state index contributed by atoms with van der Waals surface area (Å²) in [6.07, 6.45) is 0.548. The molecule has 0 bridgehead atoms. The van der Waals surface area contributed by atoms with Gasteiger partial charge in [-0.2, -0.15) is 0 Å². The molecule has 4 nitrogen and oxygen atoms in total. The fraction of sp³-hybridized carbons (Fsp3) is 0.632. The summed E-state index contributed by atoms with van der Waals surface area (Å²) in [7, 11) is 0. The molecule has 1 rings (SSSR count). The third kappa shape index (κ3) is 5.54. The summed E-state index contributed by atoms with van der Waals surface area (Å²) in [5, 5.41) is 3.02. The van der Waals surface area contributed by atoms with Gasteiger partial charge in [-0.3, -0.25) is 4.79 Å². The summed E-state index contributed by atoms with van der Waals surface area (Å²) in [6.45, 7) is 15.0. The van der Waals surface area contributed by atoms with Crippen molar-refractivity contribution in [3.8, 4) is 5.75 Å². The quantitative estimate of drug-likeness (QED) is 0.733. The number of hydrogen-bond donors (Lipinski definition) is 1. The molecule has 0 spiro atoms. The van der Waals surface area contributed by atoms with Crippen molar-refractivity contribution >= 4 is 5.91 Å². The van der Waals surface area contributed by atoms with Gasteiger partial charge >= 0.3 is 0 Å². The van der Waals surface area contributed by atoms with E-state index in [4.69, 9.17) is 9.47 Å². The molecule has 0 aliphatic carbocycles. The lowest BCUT2D eigenvalue weighted by Gasteiger charge is -2.22. The lowest BCUT2D eigenvalue weighted by molar-refractivity contribution is -0.129. The van der Waals surface area contributed by atoms with Crippen LogP contribution in [0.2, 0.25) is 0 Å². The van der Waals surface area contributed by atoms with E-state index in [9.17, 15) is 4.79 Å². The van der Waals surface area contributed by atoms with Gasteiger partial charge in [0.1, 0.15) is 5.75 Å². The Kier molecular flexibility index (Phi) is 7.07. The van der Waals surface area contributed by atoms with Crippen LogP contribution in [0.15, 0.2) is 12.1 Å². The average molecular weight is 321 g/mol. The van der Waals surface area contributed by atoms with Gasteiger partial charge in [-0.1, -0.05) is 32.9 Å². The fourth-order valence-electron chi connectivity index (χ4n) is 2.34. The molecular formula is C19H31NO3. The number of carbonyl (C=O) groups excluding carboxylic acids is 1. The zero-order valence-electron chi connectivity index (χ0n) is 15.6. The predicted molar refractivity (Wildman–Crippen MR) is 93.6 cm³/mol. The summed E-state index contributed by atoms with van der Waals surface area (Å²) < 4.78 is 11.3. The summed E-state index contributed by atoms with van der Waals surface area (Å²) >= 11 is 0. The standard InChI is InChI=1S/C19H31NO3/c1-8-19(6,7)18(21)20-12-16-10-13(3)17(14(4)11-16)23-15(5)22-9-2/h10-11,15H,8-9,12H2,1-7H3,(H,20,21). The van der Waals surface area contributed by atoms with Crippen LogP contribution in [0.25, 0.3) is 0 Å². The second-order valence-electron chi connectivity index (χ2n) is 6.62. The maximum atomic E-state index is 12.2. The largest absolute Gasteiger partial charge is 0.465 e. The van der Waals surface area contributed by atoms with Crippen LogP contribution in [0.1, 0.15) is 57.7 Å². The van der Waals surface area contributed by atoms with Crippen molar-refractivity contribution < 1.29 is 14.3 Å². The minimum Gasteiger partial charge on any atom is -0.465 e. The molecule has 0 aliphatic heterocycles. The van der Waals surface area contributed by atoms with Gasteiger partial charge in [-0.05, 0) is 50.8 Å². The Morgan fingerprint density at radius 1 is 1.22 bits per heavy atom. The lowest BCUT2D eigenvalue weighted by Crippen LogP contribution is -2.36. The minimum absolute atomic E-state index is 0.0839. The molecular weight excluding hydrogens is 290 g/mol. The second kappa shape index (κ2) is 8.34. The van der Waals surface area contributed by atoms with Gasteiger partial charge in [-0.25, -0.2) is 0 Å². The molecule has 0 heterocycles. The van der Waals surface area contributed by atoms with Gasteiger partial charge in [0, 0.05) is 18.6 Å². The molecule has 0 radical (unpaired) electrons. The first-order valence-corrected chi connectivity index (χ1v) is 8.38. The van der Waals surface area contributed by atoms with Crippen LogP contribution in [-0.2, 0) is 16.1 Å². The van der Waals surface area contributed by atoms with E-state index in [1.807, 2.05) is 48.5 Å². The highest BCUT2D eigenvalue weighted by atomic mass is 16.7. The van der Waals surface area contributed by atoms with E-state index in [2.05, 4.69) is 17.4 Å². The number of hydrogen-bond acceptors (Lipinski definition) is 3. The first-order valence-electron chi connectivity index (χ1n) is 8.38. The van der Waals surface area contributed by atoms with E-state index in [1.165, 1.54) is 0 Å². The van der Waals surface area contributed by atoms with Gasteiger partial charge in [0.05, 0.1) is 0 Å². The smallest absolute Gasteiger partial charge is 0.225 e. The van der Waals surface area contributed by atoms with E-state index in [1.54, 1.807) is 0 Å². The van der Waals surface area contributed by atoms with Crippen molar-refractivity contribution in [3.63, 3.8) is 0 Å². The van der Waals surface area contributed by atoms with Gasteiger partial charge < -0.3 is 14.8 Å². The van der Waals surface area contributed by atoms with E-state index in [-0.39, 0.29) is 17.6 Å². The molecule has 0 fully saturated rings. The molecule has 0 saturated heterocycles. The Bertz CT molecular complexity index is 514. The number of benzene rings is 1. The molecule has 1 aromatic rings. The maximum absolute atomic E-state index is 12.2. The van der Waals surface area contributed by atoms with Crippen LogP contribution in [0.4, 0.5) is 0 Å². The van der Waals surface area contributed by atoms with Gasteiger partial charge in [0.2, 0.25) is 5.91 Å². The fourth-order valence-corrected chi connectivity index (χ4v) is 2.34. The van der Waals surface area contributed by atoms with Crippen molar-refractivity contribution in [1.82, 2.24) is 5.32 Å². The highest BCUT2D eigenvalue weighted by Crippen LogP contribution is 2.26. The molecule has 1 unspecified atom stereocenters. The predicted octanol–water partition coefficient (Wildman–Crippen LogP) is 4.12. The van der Waals surface area contributed by atoms with Crippen LogP contribution >= 0.6 is 0 Å². The van der Waals surface area contributed by atoms with Gasteiger partial charge in [0.25, 0.3) is 0 Å². The van der Waals surface area contributed by atoms with Crippen molar-refractivity contribution in [3.05, 3.63) is 28.8 Å². The maximum Gasteiger partial charge on any atom is 0.225 e.